The van der Waals surface area contributed by atoms with Crippen LogP contribution in [0.15, 0.2) is 78.9 Å². The molecule has 0 saturated heterocycles. The monoisotopic (exact) mass is 332 g/mol. The van der Waals surface area contributed by atoms with E-state index < -0.39 is 0 Å². The fourth-order valence-corrected chi connectivity index (χ4v) is 0.544. The van der Waals surface area contributed by atoms with Gasteiger partial charge in [0.05, 0.1) is 25.4 Å². The molecule has 0 aliphatic heterocycles. The van der Waals surface area contributed by atoms with Crippen molar-refractivity contribution in [3.63, 3.8) is 0 Å². The van der Waals surface area contributed by atoms with Crippen LogP contribution in [0.2, 0.25) is 0 Å². The zero-order valence-corrected chi connectivity index (χ0v) is 16.4. The van der Waals surface area contributed by atoms with Gasteiger partial charge in [0.25, 0.3) is 0 Å². The second-order valence-electron chi connectivity index (χ2n) is 2.68. The van der Waals surface area contributed by atoms with E-state index in [4.69, 9.17) is 14.9 Å². The van der Waals surface area contributed by atoms with Gasteiger partial charge in [-0.1, -0.05) is 0 Å². The third-order valence-corrected chi connectivity index (χ3v) is 0.644. The van der Waals surface area contributed by atoms with Gasteiger partial charge in [0.2, 0.25) is 0 Å². The van der Waals surface area contributed by atoms with Gasteiger partial charge in [0, 0.05) is 0 Å². The summed E-state index contributed by atoms with van der Waals surface area (Å²) in [6, 6.07) is 0. The molecule has 0 unspecified atom stereocenters. The zero-order valence-electron chi connectivity index (χ0n) is 16.4. The smallest absolute Gasteiger partial charge is 0.0662 e. The maximum Gasteiger partial charge on any atom is 0.0662 e. The molecule has 3 nitrogen and oxygen atoms in total. The Morgan fingerprint density at radius 1 is 0.522 bits per heavy atom. The van der Waals surface area contributed by atoms with Crippen LogP contribution in [0.5, 0.6) is 0 Å². The van der Waals surface area contributed by atoms with E-state index in [1.807, 2.05) is 27.7 Å². The van der Waals surface area contributed by atoms with E-state index in [-0.39, 0.29) is 13.2 Å². The predicted molar refractivity (Wildman–Crippen MR) is 113 cm³/mol. The SMILES string of the molecule is C=C.C=C.C=C.C=C.C=C.C=C.CC(C)OC(C)C.OCCO. The highest BCUT2D eigenvalue weighted by molar-refractivity contribution is 4.40. The van der Waals surface area contributed by atoms with E-state index in [0.29, 0.717) is 12.2 Å². The highest BCUT2D eigenvalue weighted by Crippen LogP contribution is 1.93. The largest absolute Gasteiger partial charge is 0.394 e. The quantitative estimate of drug-likeness (QED) is 0.661. The van der Waals surface area contributed by atoms with Crippen molar-refractivity contribution < 1.29 is 14.9 Å². The Kier molecular flexibility index (Phi) is 305. The molecular weight excluding hydrogens is 288 g/mol. The van der Waals surface area contributed by atoms with Crippen LogP contribution in [-0.4, -0.2) is 35.6 Å². The second-order valence-corrected chi connectivity index (χ2v) is 2.68. The van der Waals surface area contributed by atoms with Crippen molar-refractivity contribution in [2.24, 2.45) is 0 Å². The molecule has 0 bridgehead atoms. The molecule has 0 aromatic rings. The Morgan fingerprint density at radius 2 is 0.652 bits per heavy atom. The van der Waals surface area contributed by atoms with Gasteiger partial charge in [-0.15, -0.1) is 78.9 Å². The Balaban J connectivity index is -0.0000000205. The molecule has 23 heavy (non-hydrogen) atoms. The molecule has 0 saturated carbocycles. The summed E-state index contributed by atoms with van der Waals surface area (Å²) in [6.45, 7) is 43.9. The van der Waals surface area contributed by atoms with Crippen LogP contribution in [0.4, 0.5) is 0 Å². The van der Waals surface area contributed by atoms with Crippen molar-refractivity contribution in [3.05, 3.63) is 78.9 Å². The molecule has 0 aromatic heterocycles. The molecule has 0 rings (SSSR count). The summed E-state index contributed by atoms with van der Waals surface area (Å²) in [5, 5.41) is 15.2. The lowest BCUT2D eigenvalue weighted by Crippen LogP contribution is -2.09. The van der Waals surface area contributed by atoms with Crippen molar-refractivity contribution in [1.82, 2.24) is 0 Å². The number of rotatable bonds is 3. The third kappa shape index (κ3) is 619. The fourth-order valence-electron chi connectivity index (χ4n) is 0.544. The lowest BCUT2D eigenvalue weighted by atomic mass is 10.4. The van der Waals surface area contributed by atoms with Gasteiger partial charge in [-0.2, -0.15) is 0 Å². The summed E-state index contributed by atoms with van der Waals surface area (Å²) in [5.74, 6) is 0. The number of hydrogen-bond donors (Lipinski definition) is 2. The molecule has 2 N–H and O–H groups in total. The molecule has 0 atom stereocenters. The van der Waals surface area contributed by atoms with E-state index in [1.54, 1.807) is 0 Å². The number of aliphatic hydroxyl groups is 2. The first-order valence-electron chi connectivity index (χ1n) is 6.91. The van der Waals surface area contributed by atoms with Crippen LogP contribution in [-0.2, 0) is 4.74 Å². The van der Waals surface area contributed by atoms with Crippen LogP contribution in [0, 0.1) is 0 Å². The number of aliphatic hydroxyl groups excluding tert-OH is 2. The minimum absolute atomic E-state index is 0.125. The molecule has 0 amide bonds. The van der Waals surface area contributed by atoms with Crippen molar-refractivity contribution in [2.45, 2.75) is 39.9 Å². The summed E-state index contributed by atoms with van der Waals surface area (Å²) < 4.78 is 5.25. The van der Waals surface area contributed by atoms with Gasteiger partial charge in [-0.3, -0.25) is 0 Å². The Bertz CT molecular complexity index is 103. The summed E-state index contributed by atoms with van der Waals surface area (Å²) in [5.41, 5.74) is 0. The third-order valence-electron chi connectivity index (χ3n) is 0.644. The van der Waals surface area contributed by atoms with Gasteiger partial charge < -0.3 is 14.9 Å². The maximum atomic E-state index is 7.62. The van der Waals surface area contributed by atoms with Gasteiger partial charge >= 0.3 is 0 Å². The summed E-state index contributed by atoms with van der Waals surface area (Å²) in [7, 11) is 0. The topological polar surface area (TPSA) is 49.7 Å². The van der Waals surface area contributed by atoms with E-state index in [0.717, 1.165) is 0 Å². The Labute approximate surface area is 147 Å². The van der Waals surface area contributed by atoms with Gasteiger partial charge in [0.15, 0.2) is 0 Å². The fraction of sp³-hybridized carbons (Fsp3) is 0.400. The first kappa shape index (κ1) is 49.6. The zero-order chi connectivity index (χ0) is 21.3. The molecule has 0 radical (unpaired) electrons. The van der Waals surface area contributed by atoms with E-state index in [9.17, 15) is 0 Å². The van der Waals surface area contributed by atoms with E-state index in [1.165, 1.54) is 0 Å². The van der Waals surface area contributed by atoms with Crippen molar-refractivity contribution >= 4 is 0 Å². The van der Waals surface area contributed by atoms with E-state index >= 15 is 0 Å². The summed E-state index contributed by atoms with van der Waals surface area (Å²) in [4.78, 5) is 0. The second kappa shape index (κ2) is 142. The molecular formula is C20H44O3. The van der Waals surface area contributed by atoms with Crippen LogP contribution in [0.1, 0.15) is 27.7 Å². The van der Waals surface area contributed by atoms with Crippen LogP contribution in [0.25, 0.3) is 0 Å². The van der Waals surface area contributed by atoms with Gasteiger partial charge in [-0.25, -0.2) is 0 Å². The van der Waals surface area contributed by atoms with Crippen molar-refractivity contribution in [3.8, 4) is 0 Å². The van der Waals surface area contributed by atoms with E-state index in [2.05, 4.69) is 78.9 Å². The highest BCUT2D eigenvalue weighted by Gasteiger charge is 1.94. The van der Waals surface area contributed by atoms with Crippen LogP contribution < -0.4 is 0 Å². The maximum absolute atomic E-state index is 7.62. The minimum Gasteiger partial charge on any atom is -0.394 e. The van der Waals surface area contributed by atoms with Crippen molar-refractivity contribution in [1.29, 1.82) is 0 Å². The predicted octanol–water partition coefficient (Wildman–Crippen LogP) is 5.60. The summed E-state index contributed by atoms with van der Waals surface area (Å²) >= 11 is 0. The average Bonchev–Trinajstić information content (AvgIpc) is 2.64. The molecule has 0 aliphatic rings. The average molecular weight is 333 g/mol. The van der Waals surface area contributed by atoms with Crippen LogP contribution in [0.3, 0.4) is 0 Å². The molecule has 0 heterocycles. The van der Waals surface area contributed by atoms with Crippen LogP contribution >= 0.6 is 0 Å². The molecule has 0 fully saturated rings. The minimum atomic E-state index is -0.125. The molecule has 3 heteroatoms. The first-order chi connectivity index (χ1) is 11.0. The molecule has 0 aliphatic carbocycles. The molecule has 0 aromatic carbocycles. The Morgan fingerprint density at radius 3 is 0.652 bits per heavy atom. The number of ether oxygens (including phenoxy) is 1. The van der Waals surface area contributed by atoms with Gasteiger partial charge in [-0.05, 0) is 27.7 Å². The molecule has 142 valence electrons. The lowest BCUT2D eigenvalue weighted by molar-refractivity contribution is 0.0300. The standard InChI is InChI=1S/C6H14O.C2H6O2.6C2H4/c1-5(2)7-6(3)4;3-1-2-4;6*1-2/h5-6H,1-4H3;3-4H,1-2H2;6*1-2H2. The Hall–Kier alpha value is -1.68. The van der Waals surface area contributed by atoms with Crippen molar-refractivity contribution in [2.75, 3.05) is 13.2 Å². The summed E-state index contributed by atoms with van der Waals surface area (Å²) in [6.07, 6.45) is 0.750. The lowest BCUT2D eigenvalue weighted by Gasteiger charge is -2.09. The normalized spacial score (nSPS) is 5.74. The highest BCUT2D eigenvalue weighted by atomic mass is 16.5. The molecule has 0 spiro atoms. The number of hydrogen-bond acceptors (Lipinski definition) is 3. The van der Waals surface area contributed by atoms with Gasteiger partial charge in [0.1, 0.15) is 0 Å². The first-order valence-corrected chi connectivity index (χ1v) is 6.91.